The van der Waals surface area contributed by atoms with Crippen LogP contribution in [0.25, 0.3) is 5.82 Å². The van der Waals surface area contributed by atoms with E-state index >= 15 is 0 Å². The molecular weight excluding hydrogens is 412 g/mol. The topological polar surface area (TPSA) is 92.8 Å². The van der Waals surface area contributed by atoms with E-state index in [9.17, 15) is 9.59 Å². The van der Waals surface area contributed by atoms with Crippen molar-refractivity contribution in [3.05, 3.63) is 64.7 Å². The molecule has 2 aromatic heterocycles. The van der Waals surface area contributed by atoms with Crippen molar-refractivity contribution in [3.63, 3.8) is 0 Å². The number of hydrogen-bond donors (Lipinski definition) is 0. The van der Waals surface area contributed by atoms with Gasteiger partial charge in [0.15, 0.2) is 12.4 Å². The van der Waals surface area contributed by atoms with Gasteiger partial charge in [-0.25, -0.2) is 4.79 Å². The van der Waals surface area contributed by atoms with Crippen LogP contribution in [-0.4, -0.2) is 47.4 Å². The largest absolute Gasteiger partial charge is 0.491 e. The number of Topliss-reactive ketones (excluding diaryl/α,β-unsaturated/α-hetero) is 1. The maximum absolute atomic E-state index is 12.7. The van der Waals surface area contributed by atoms with Gasteiger partial charge >= 0.3 is 5.97 Å². The Morgan fingerprint density at radius 3 is 2.59 bits per heavy atom. The fourth-order valence-corrected chi connectivity index (χ4v) is 3.80. The van der Waals surface area contributed by atoms with Crippen LogP contribution in [0.3, 0.4) is 0 Å². The lowest BCUT2D eigenvalue weighted by Gasteiger charge is -2.11. The third kappa shape index (κ3) is 4.75. The highest BCUT2D eigenvalue weighted by Crippen LogP contribution is 2.22. The normalized spacial score (nSPS) is 15.7. The van der Waals surface area contributed by atoms with Crippen LogP contribution < -0.4 is 4.74 Å². The number of carbonyl (C=O) groups is 2. The van der Waals surface area contributed by atoms with Crippen molar-refractivity contribution in [1.29, 1.82) is 0 Å². The predicted octanol–water partition coefficient (Wildman–Crippen LogP) is 3.99. The molecule has 0 radical (unpaired) electrons. The Balaban J connectivity index is 1.34. The van der Waals surface area contributed by atoms with Crippen LogP contribution >= 0.6 is 0 Å². The lowest BCUT2D eigenvalue weighted by atomic mass is 10.1. The molecule has 1 saturated heterocycles. The first-order chi connectivity index (χ1) is 15.4. The van der Waals surface area contributed by atoms with Crippen LogP contribution in [0, 0.1) is 20.8 Å². The number of esters is 1. The maximum atomic E-state index is 12.7. The van der Waals surface area contributed by atoms with Crippen molar-refractivity contribution >= 4 is 11.8 Å². The number of carbonyl (C=O) groups excluding carboxylic acids is 2. The Labute approximate surface area is 186 Å². The number of benzene rings is 1. The van der Waals surface area contributed by atoms with Gasteiger partial charge in [-0.15, -0.1) is 0 Å². The molecule has 0 bridgehead atoms. The molecule has 1 aromatic carbocycles. The smallest absolute Gasteiger partial charge is 0.338 e. The fourth-order valence-electron chi connectivity index (χ4n) is 3.80. The van der Waals surface area contributed by atoms with E-state index in [4.69, 9.17) is 18.7 Å². The third-order valence-corrected chi connectivity index (χ3v) is 5.46. The molecule has 32 heavy (non-hydrogen) atoms. The van der Waals surface area contributed by atoms with Gasteiger partial charge in [-0.3, -0.25) is 9.36 Å². The van der Waals surface area contributed by atoms with Crippen LogP contribution in [0.2, 0.25) is 0 Å². The molecule has 1 aliphatic heterocycles. The second kappa shape index (κ2) is 9.40. The average molecular weight is 438 g/mol. The number of aromatic nitrogens is 2. The molecule has 1 atom stereocenters. The van der Waals surface area contributed by atoms with Gasteiger partial charge in [0.1, 0.15) is 18.1 Å². The highest BCUT2D eigenvalue weighted by Gasteiger charge is 2.20. The number of nitrogens with zero attached hydrogens (tertiary/aromatic N) is 2. The molecule has 0 amide bonds. The van der Waals surface area contributed by atoms with E-state index in [0.717, 1.165) is 25.1 Å². The number of hydrogen-bond acceptors (Lipinski definition) is 7. The van der Waals surface area contributed by atoms with Gasteiger partial charge in [-0.2, -0.15) is 0 Å². The molecular formula is C24H26N2O6. The number of ether oxygens (including phenoxy) is 3. The molecule has 168 valence electrons. The lowest BCUT2D eigenvalue weighted by molar-refractivity contribution is 0.0474. The van der Waals surface area contributed by atoms with Gasteiger partial charge < -0.3 is 18.7 Å². The molecule has 0 aliphatic carbocycles. The monoisotopic (exact) mass is 438 g/mol. The number of rotatable bonds is 8. The molecule has 3 aromatic rings. The Hall–Kier alpha value is -3.39. The fraction of sp³-hybridized carbons (Fsp3) is 0.375. The Morgan fingerprint density at radius 2 is 1.94 bits per heavy atom. The van der Waals surface area contributed by atoms with Gasteiger partial charge in [0.25, 0.3) is 0 Å². The lowest BCUT2D eigenvalue weighted by Crippen LogP contribution is -2.16. The minimum absolute atomic E-state index is 0.126. The molecule has 1 fully saturated rings. The molecule has 0 unspecified atom stereocenters. The van der Waals surface area contributed by atoms with Crippen molar-refractivity contribution in [2.75, 3.05) is 19.8 Å². The average Bonchev–Trinajstić information content (AvgIpc) is 3.52. The van der Waals surface area contributed by atoms with E-state index in [1.165, 1.54) is 0 Å². The summed E-state index contributed by atoms with van der Waals surface area (Å²) in [5, 5.41) is 4.01. The molecule has 0 saturated carbocycles. The first-order valence-electron chi connectivity index (χ1n) is 10.6. The summed E-state index contributed by atoms with van der Waals surface area (Å²) in [5.74, 6) is 1.09. The summed E-state index contributed by atoms with van der Waals surface area (Å²) >= 11 is 0. The number of ketones is 1. The highest BCUT2D eigenvalue weighted by molar-refractivity contribution is 6.00. The van der Waals surface area contributed by atoms with E-state index < -0.39 is 5.97 Å². The SMILES string of the molecule is Cc1cc(-n2c(C)cc(C(=O)COC(=O)c3ccc(OC[C@@H]4CCCO4)cc3)c2C)no1. The summed E-state index contributed by atoms with van der Waals surface area (Å²) < 4.78 is 23.4. The van der Waals surface area contributed by atoms with Crippen molar-refractivity contribution < 1.29 is 28.3 Å². The first-order valence-corrected chi connectivity index (χ1v) is 10.6. The molecule has 0 N–H and O–H groups in total. The molecule has 0 spiro atoms. The van der Waals surface area contributed by atoms with Gasteiger partial charge in [0, 0.05) is 29.6 Å². The van der Waals surface area contributed by atoms with E-state index in [0.29, 0.717) is 40.8 Å². The van der Waals surface area contributed by atoms with Crippen LogP contribution in [0.1, 0.15) is 50.7 Å². The zero-order valence-corrected chi connectivity index (χ0v) is 18.4. The summed E-state index contributed by atoms with van der Waals surface area (Å²) in [6.45, 7) is 6.42. The summed E-state index contributed by atoms with van der Waals surface area (Å²) in [6, 6.07) is 10.2. The van der Waals surface area contributed by atoms with Crippen molar-refractivity contribution in [3.8, 4) is 11.6 Å². The van der Waals surface area contributed by atoms with Crippen LogP contribution in [-0.2, 0) is 9.47 Å². The molecule has 4 rings (SSSR count). The van der Waals surface area contributed by atoms with E-state index in [1.54, 1.807) is 43.3 Å². The van der Waals surface area contributed by atoms with Crippen LogP contribution in [0.5, 0.6) is 5.75 Å². The Kier molecular flexibility index (Phi) is 6.41. The molecule has 8 heteroatoms. The second-order valence-electron chi connectivity index (χ2n) is 7.89. The molecule has 1 aliphatic rings. The maximum Gasteiger partial charge on any atom is 0.338 e. The predicted molar refractivity (Wildman–Crippen MR) is 116 cm³/mol. The van der Waals surface area contributed by atoms with E-state index in [2.05, 4.69) is 5.16 Å². The van der Waals surface area contributed by atoms with Gasteiger partial charge in [-0.1, -0.05) is 5.16 Å². The standard InChI is InChI=1S/C24H26N2O6/c1-15-11-21(17(3)26(15)23-12-16(2)32-25-23)22(27)14-31-24(28)18-6-8-19(9-7-18)30-13-20-5-4-10-29-20/h6-9,11-12,20H,4-5,10,13-14H2,1-3H3/t20-/m0/s1. The summed E-state index contributed by atoms with van der Waals surface area (Å²) in [4.78, 5) is 25.1. The highest BCUT2D eigenvalue weighted by atomic mass is 16.5. The third-order valence-electron chi connectivity index (χ3n) is 5.46. The summed E-state index contributed by atoms with van der Waals surface area (Å²) in [6.07, 6.45) is 2.18. The van der Waals surface area contributed by atoms with Crippen LogP contribution in [0.15, 0.2) is 40.9 Å². The first kappa shape index (κ1) is 21.8. The number of aryl methyl sites for hydroxylation is 2. The van der Waals surface area contributed by atoms with Crippen molar-refractivity contribution in [2.24, 2.45) is 0 Å². The summed E-state index contributed by atoms with van der Waals surface area (Å²) in [7, 11) is 0. The molecule has 8 nitrogen and oxygen atoms in total. The van der Waals surface area contributed by atoms with Gasteiger partial charge in [0.2, 0.25) is 5.78 Å². The van der Waals surface area contributed by atoms with E-state index in [1.807, 2.05) is 18.4 Å². The Bertz CT molecular complexity index is 1110. The zero-order valence-electron chi connectivity index (χ0n) is 18.4. The van der Waals surface area contributed by atoms with Crippen LogP contribution in [0.4, 0.5) is 0 Å². The minimum atomic E-state index is -0.565. The van der Waals surface area contributed by atoms with E-state index in [-0.39, 0.29) is 18.5 Å². The second-order valence-corrected chi connectivity index (χ2v) is 7.89. The molecule has 3 heterocycles. The summed E-state index contributed by atoms with van der Waals surface area (Å²) in [5.41, 5.74) is 2.38. The van der Waals surface area contributed by atoms with Gasteiger partial charge in [0.05, 0.1) is 11.7 Å². The zero-order chi connectivity index (χ0) is 22.7. The Morgan fingerprint density at radius 1 is 1.16 bits per heavy atom. The van der Waals surface area contributed by atoms with Crippen molar-refractivity contribution in [2.45, 2.75) is 39.7 Å². The van der Waals surface area contributed by atoms with Crippen molar-refractivity contribution in [1.82, 2.24) is 9.72 Å². The van der Waals surface area contributed by atoms with Gasteiger partial charge in [-0.05, 0) is 63.9 Å². The quantitative estimate of drug-likeness (QED) is 0.388. The minimum Gasteiger partial charge on any atom is -0.491 e.